The third kappa shape index (κ3) is 6.70. The first-order valence-electron chi connectivity index (χ1n) is 7.54. The summed E-state index contributed by atoms with van der Waals surface area (Å²) in [6.45, 7) is 1.24. The Labute approximate surface area is 149 Å². The molecule has 0 fully saturated rings. The maximum atomic E-state index is 12.0. The molecule has 26 heavy (non-hydrogen) atoms. The van der Waals surface area contributed by atoms with Gasteiger partial charge in [0.25, 0.3) is 11.8 Å². The van der Waals surface area contributed by atoms with Crippen LogP contribution in [0.4, 0.5) is 0 Å². The number of aliphatic hydroxyl groups excluding tert-OH is 4. The van der Waals surface area contributed by atoms with Crippen LogP contribution in [0.2, 0.25) is 0 Å². The van der Waals surface area contributed by atoms with Crippen LogP contribution in [-0.2, 0) is 4.79 Å². The molecule has 0 radical (unpaired) electrons. The first-order valence-corrected chi connectivity index (χ1v) is 7.54. The van der Waals surface area contributed by atoms with Crippen LogP contribution in [-0.4, -0.2) is 68.1 Å². The van der Waals surface area contributed by atoms with Crippen molar-refractivity contribution in [2.75, 3.05) is 0 Å². The Hall–Kier alpha value is -2.63. The minimum absolute atomic E-state index is 0.202. The summed E-state index contributed by atoms with van der Waals surface area (Å²) in [5, 5.41) is 49.7. The molecule has 0 unspecified atom stereocenters. The largest absolute Gasteiger partial charge is 0.391 e. The second-order valence-electron chi connectivity index (χ2n) is 5.37. The maximum Gasteiger partial charge on any atom is 0.271 e. The molecule has 0 aliphatic heterocycles. The van der Waals surface area contributed by atoms with Gasteiger partial charge in [0.05, 0.1) is 12.3 Å². The summed E-state index contributed by atoms with van der Waals surface area (Å²) in [6, 6.07) is 6.12. The summed E-state index contributed by atoms with van der Waals surface area (Å²) < 4.78 is 0. The van der Waals surface area contributed by atoms with Crippen LogP contribution in [0.1, 0.15) is 22.8 Å². The third-order valence-electron chi connectivity index (χ3n) is 3.27. The van der Waals surface area contributed by atoms with Crippen molar-refractivity contribution in [2.24, 2.45) is 5.10 Å². The number of hydrogen-bond donors (Lipinski definition) is 7. The van der Waals surface area contributed by atoms with Crippen LogP contribution in [0.25, 0.3) is 6.08 Å². The SMILES string of the molecule is C[C@H](O)[C@H](O)[C@@H](O)[C@@H](O)/C=N/NC(=O)c1cccc(/C=C/C(=O)NO)c1. The quantitative estimate of drug-likeness (QED) is 0.125. The standard InChI is InChI=1S/C16H21N3O7/c1-9(20)14(23)15(24)12(21)8-17-18-16(25)11-4-2-3-10(7-11)5-6-13(22)19-26/h2-9,12,14-15,20-21,23-24,26H,1H3,(H,18,25)(H,19,22)/b6-5+,17-8+/t9-,12-,14-,15-/m0/s1. The van der Waals surface area contributed by atoms with Gasteiger partial charge in [-0.2, -0.15) is 5.10 Å². The van der Waals surface area contributed by atoms with Gasteiger partial charge >= 0.3 is 0 Å². The molecule has 0 aromatic heterocycles. The van der Waals surface area contributed by atoms with Gasteiger partial charge < -0.3 is 20.4 Å². The minimum Gasteiger partial charge on any atom is -0.391 e. The number of nitrogens with one attached hydrogen (secondary N) is 2. The van der Waals surface area contributed by atoms with Crippen LogP contribution >= 0.6 is 0 Å². The van der Waals surface area contributed by atoms with Crippen molar-refractivity contribution < 1.29 is 35.2 Å². The molecule has 1 aromatic carbocycles. The van der Waals surface area contributed by atoms with Crippen LogP contribution in [0.15, 0.2) is 35.4 Å². The van der Waals surface area contributed by atoms with E-state index in [0.29, 0.717) is 5.56 Å². The lowest BCUT2D eigenvalue weighted by molar-refractivity contribution is -0.124. The Kier molecular flexibility index (Phi) is 8.55. The fourth-order valence-corrected chi connectivity index (χ4v) is 1.81. The van der Waals surface area contributed by atoms with Gasteiger partial charge in [0, 0.05) is 11.6 Å². The van der Waals surface area contributed by atoms with E-state index < -0.39 is 36.2 Å². The first-order chi connectivity index (χ1) is 12.3. The fourth-order valence-electron chi connectivity index (χ4n) is 1.81. The summed E-state index contributed by atoms with van der Waals surface area (Å²) in [5.74, 6) is -1.35. The molecule has 10 heteroatoms. The molecule has 1 rings (SSSR count). The molecular weight excluding hydrogens is 346 g/mol. The highest BCUT2D eigenvalue weighted by atomic mass is 16.5. The molecule has 0 aliphatic carbocycles. The molecule has 0 aliphatic rings. The van der Waals surface area contributed by atoms with Gasteiger partial charge in [-0.1, -0.05) is 12.1 Å². The molecule has 10 nitrogen and oxygen atoms in total. The van der Waals surface area contributed by atoms with Gasteiger partial charge in [0.2, 0.25) is 0 Å². The van der Waals surface area contributed by atoms with E-state index in [9.17, 15) is 24.9 Å². The van der Waals surface area contributed by atoms with Crippen LogP contribution in [0, 0.1) is 0 Å². The molecule has 0 spiro atoms. The molecule has 0 bridgehead atoms. The Balaban J connectivity index is 2.68. The second kappa shape index (κ2) is 10.4. The van der Waals surface area contributed by atoms with E-state index in [1.807, 2.05) is 0 Å². The smallest absolute Gasteiger partial charge is 0.271 e. The zero-order valence-corrected chi connectivity index (χ0v) is 13.9. The summed E-state index contributed by atoms with van der Waals surface area (Å²) in [4.78, 5) is 22.9. The van der Waals surface area contributed by atoms with Crippen molar-refractivity contribution in [3.63, 3.8) is 0 Å². The number of hydroxylamine groups is 1. The topological polar surface area (TPSA) is 172 Å². The van der Waals surface area contributed by atoms with Crippen LogP contribution in [0.3, 0.4) is 0 Å². The van der Waals surface area contributed by atoms with Crippen molar-refractivity contribution in [3.05, 3.63) is 41.5 Å². The predicted octanol–water partition coefficient (Wildman–Crippen LogP) is -1.62. The zero-order chi connectivity index (χ0) is 19.7. The van der Waals surface area contributed by atoms with E-state index in [1.54, 1.807) is 12.1 Å². The van der Waals surface area contributed by atoms with Gasteiger partial charge in [0.15, 0.2) is 0 Å². The van der Waals surface area contributed by atoms with Crippen molar-refractivity contribution >= 4 is 24.1 Å². The number of carbonyl (C=O) groups excluding carboxylic acids is 2. The van der Waals surface area contributed by atoms with Crippen molar-refractivity contribution in [2.45, 2.75) is 31.3 Å². The molecule has 0 saturated heterocycles. The number of benzene rings is 1. The Morgan fingerprint density at radius 3 is 2.46 bits per heavy atom. The third-order valence-corrected chi connectivity index (χ3v) is 3.27. The Morgan fingerprint density at radius 1 is 1.15 bits per heavy atom. The predicted molar refractivity (Wildman–Crippen MR) is 91.1 cm³/mol. The fraction of sp³-hybridized carbons (Fsp3) is 0.312. The van der Waals surface area contributed by atoms with E-state index in [4.69, 9.17) is 10.3 Å². The normalized spacial score (nSPS) is 16.2. The summed E-state index contributed by atoms with van der Waals surface area (Å²) in [5.41, 5.74) is 4.28. The highest BCUT2D eigenvalue weighted by Gasteiger charge is 2.27. The number of amides is 2. The number of hydrogen-bond acceptors (Lipinski definition) is 8. The van der Waals surface area contributed by atoms with Gasteiger partial charge in [-0.15, -0.1) is 0 Å². The van der Waals surface area contributed by atoms with Gasteiger partial charge in [0.1, 0.15) is 18.3 Å². The van der Waals surface area contributed by atoms with Crippen molar-refractivity contribution in [3.8, 4) is 0 Å². The molecule has 7 N–H and O–H groups in total. The maximum absolute atomic E-state index is 12.0. The summed E-state index contributed by atoms with van der Waals surface area (Å²) >= 11 is 0. The Bertz CT molecular complexity index is 676. The number of nitrogens with zero attached hydrogens (tertiary/aromatic N) is 1. The van der Waals surface area contributed by atoms with Crippen LogP contribution in [0.5, 0.6) is 0 Å². The lowest BCUT2D eigenvalue weighted by Gasteiger charge is -2.22. The molecule has 2 amide bonds. The molecule has 4 atom stereocenters. The lowest BCUT2D eigenvalue weighted by Crippen LogP contribution is -2.44. The van der Waals surface area contributed by atoms with Gasteiger partial charge in [-0.25, -0.2) is 10.9 Å². The Morgan fingerprint density at radius 2 is 1.85 bits per heavy atom. The van der Waals surface area contributed by atoms with E-state index in [-0.39, 0.29) is 5.56 Å². The van der Waals surface area contributed by atoms with E-state index in [0.717, 1.165) is 12.3 Å². The van der Waals surface area contributed by atoms with E-state index >= 15 is 0 Å². The monoisotopic (exact) mass is 367 g/mol. The highest BCUT2D eigenvalue weighted by Crippen LogP contribution is 2.07. The summed E-state index contributed by atoms with van der Waals surface area (Å²) in [6.07, 6.45) is -2.86. The molecule has 0 saturated carbocycles. The molecular formula is C16H21N3O7. The summed E-state index contributed by atoms with van der Waals surface area (Å²) in [7, 11) is 0. The number of hydrazone groups is 1. The van der Waals surface area contributed by atoms with E-state index in [2.05, 4.69) is 10.5 Å². The number of rotatable bonds is 8. The number of carbonyl (C=O) groups is 2. The van der Waals surface area contributed by atoms with Crippen LogP contribution < -0.4 is 10.9 Å². The second-order valence-corrected chi connectivity index (χ2v) is 5.37. The average molecular weight is 367 g/mol. The van der Waals surface area contributed by atoms with Crippen molar-refractivity contribution in [1.29, 1.82) is 0 Å². The molecule has 142 valence electrons. The van der Waals surface area contributed by atoms with Crippen molar-refractivity contribution in [1.82, 2.24) is 10.9 Å². The van der Waals surface area contributed by atoms with E-state index in [1.165, 1.54) is 30.6 Å². The molecule has 1 aromatic rings. The zero-order valence-electron chi connectivity index (χ0n) is 13.9. The van der Waals surface area contributed by atoms with Gasteiger partial charge in [-0.3, -0.25) is 14.8 Å². The average Bonchev–Trinajstić information content (AvgIpc) is 2.64. The number of aliphatic hydroxyl groups is 4. The first kappa shape index (κ1) is 21.4. The van der Waals surface area contributed by atoms with Gasteiger partial charge in [-0.05, 0) is 30.7 Å². The molecule has 0 heterocycles. The highest BCUT2D eigenvalue weighted by molar-refractivity contribution is 5.95. The lowest BCUT2D eigenvalue weighted by atomic mass is 10.1. The minimum atomic E-state index is -1.68.